The van der Waals surface area contributed by atoms with Gasteiger partial charge in [0.1, 0.15) is 0 Å². The number of ether oxygens (including phenoxy) is 1. The van der Waals surface area contributed by atoms with Crippen LogP contribution in [0.3, 0.4) is 0 Å². The first-order valence-corrected chi connectivity index (χ1v) is 8.39. The van der Waals surface area contributed by atoms with Crippen molar-refractivity contribution in [3.8, 4) is 0 Å². The number of carbonyl (C=O) groups is 1. The molecular formula is C18H19ClN4O2. The molecule has 0 aromatic heterocycles. The Morgan fingerprint density at radius 1 is 1.00 bits per heavy atom. The van der Waals surface area contributed by atoms with Crippen LogP contribution in [0.4, 0.5) is 11.4 Å². The van der Waals surface area contributed by atoms with Crippen molar-refractivity contribution in [3.63, 3.8) is 0 Å². The fourth-order valence-corrected chi connectivity index (χ4v) is 2.72. The molecular weight excluding hydrogens is 340 g/mol. The van der Waals surface area contributed by atoms with E-state index >= 15 is 0 Å². The molecule has 3 rings (SSSR count). The molecule has 0 saturated carbocycles. The third kappa shape index (κ3) is 4.48. The van der Waals surface area contributed by atoms with Crippen molar-refractivity contribution in [2.75, 3.05) is 38.2 Å². The number of methoxy groups -OCH3 is 1. The van der Waals surface area contributed by atoms with E-state index in [-0.39, 0.29) is 5.97 Å². The highest BCUT2D eigenvalue weighted by Gasteiger charge is 2.16. The van der Waals surface area contributed by atoms with Gasteiger partial charge in [0.05, 0.1) is 31.5 Å². The summed E-state index contributed by atoms with van der Waals surface area (Å²) in [6.45, 7) is 3.35. The van der Waals surface area contributed by atoms with Gasteiger partial charge in [0.2, 0.25) is 0 Å². The van der Waals surface area contributed by atoms with Gasteiger partial charge in [0.15, 0.2) is 0 Å². The Hall–Kier alpha value is -2.60. The number of anilines is 1. The zero-order valence-corrected chi connectivity index (χ0v) is 14.7. The maximum atomic E-state index is 11.4. The first kappa shape index (κ1) is 17.2. The van der Waals surface area contributed by atoms with Crippen molar-refractivity contribution >= 4 is 28.9 Å². The van der Waals surface area contributed by atoms with Crippen molar-refractivity contribution < 1.29 is 9.53 Å². The summed E-state index contributed by atoms with van der Waals surface area (Å²) in [5, 5.41) is 11.2. The summed E-state index contributed by atoms with van der Waals surface area (Å²) in [7, 11) is 1.36. The molecule has 0 N–H and O–H groups in total. The van der Waals surface area contributed by atoms with Gasteiger partial charge in [-0.15, -0.1) is 5.11 Å². The van der Waals surface area contributed by atoms with Gasteiger partial charge in [-0.05, 0) is 48.5 Å². The number of nitrogens with zero attached hydrogens (tertiary/aromatic N) is 4. The summed E-state index contributed by atoms with van der Waals surface area (Å²) < 4.78 is 4.67. The number of halogens is 1. The van der Waals surface area contributed by atoms with E-state index in [0.717, 1.165) is 31.2 Å². The minimum atomic E-state index is -0.359. The Labute approximate surface area is 151 Å². The zero-order valence-electron chi connectivity index (χ0n) is 13.9. The lowest BCUT2D eigenvalue weighted by Gasteiger charge is -2.33. The second-order valence-electron chi connectivity index (χ2n) is 5.65. The summed E-state index contributed by atoms with van der Waals surface area (Å²) in [6, 6.07) is 14.7. The van der Waals surface area contributed by atoms with Crippen LogP contribution < -0.4 is 4.90 Å². The smallest absolute Gasteiger partial charge is 0.337 e. The number of piperazine rings is 1. The number of carbonyl (C=O) groups excluding carboxylic acids is 1. The molecule has 25 heavy (non-hydrogen) atoms. The van der Waals surface area contributed by atoms with Gasteiger partial charge < -0.3 is 9.64 Å². The number of benzene rings is 2. The molecule has 1 aliphatic heterocycles. The molecule has 2 aromatic rings. The van der Waals surface area contributed by atoms with E-state index in [1.165, 1.54) is 12.8 Å². The van der Waals surface area contributed by atoms with Crippen LogP contribution in [0.5, 0.6) is 0 Å². The lowest BCUT2D eigenvalue weighted by atomic mass is 10.2. The van der Waals surface area contributed by atoms with Crippen LogP contribution in [0, 0.1) is 0 Å². The molecule has 0 unspecified atom stereocenters. The monoisotopic (exact) mass is 358 g/mol. The molecule has 2 aromatic carbocycles. The fraction of sp³-hybridized carbons (Fsp3) is 0.278. The van der Waals surface area contributed by atoms with Crippen LogP contribution in [0.15, 0.2) is 58.9 Å². The molecule has 130 valence electrons. The SMILES string of the molecule is COC(=O)c1ccc(N=NN2CCN(c3ccc(Cl)cc3)CC2)cc1. The molecule has 0 radical (unpaired) electrons. The molecule has 1 fully saturated rings. The largest absolute Gasteiger partial charge is 0.465 e. The summed E-state index contributed by atoms with van der Waals surface area (Å²) >= 11 is 5.93. The van der Waals surface area contributed by atoms with Crippen LogP contribution in [0.25, 0.3) is 0 Å². The van der Waals surface area contributed by atoms with Gasteiger partial charge in [-0.3, -0.25) is 5.01 Å². The third-order valence-corrected chi connectivity index (χ3v) is 4.27. The highest BCUT2D eigenvalue weighted by atomic mass is 35.5. The lowest BCUT2D eigenvalue weighted by Crippen LogP contribution is -2.43. The normalized spacial score (nSPS) is 14.8. The van der Waals surface area contributed by atoms with Gasteiger partial charge in [-0.2, -0.15) is 0 Å². The Balaban J connectivity index is 1.54. The van der Waals surface area contributed by atoms with Gasteiger partial charge in [-0.1, -0.05) is 16.8 Å². The van der Waals surface area contributed by atoms with Gasteiger partial charge in [0, 0.05) is 23.8 Å². The summed E-state index contributed by atoms with van der Waals surface area (Å²) in [5.74, 6) is -0.359. The van der Waals surface area contributed by atoms with Gasteiger partial charge >= 0.3 is 5.97 Å². The van der Waals surface area contributed by atoms with Crippen LogP contribution in [0.1, 0.15) is 10.4 Å². The second kappa shape index (κ2) is 7.98. The predicted octanol–water partition coefficient (Wildman–Crippen LogP) is 3.95. The Morgan fingerprint density at radius 3 is 2.24 bits per heavy atom. The van der Waals surface area contributed by atoms with Crippen LogP contribution >= 0.6 is 11.6 Å². The molecule has 6 nitrogen and oxygen atoms in total. The highest BCUT2D eigenvalue weighted by molar-refractivity contribution is 6.30. The number of hydrogen-bond acceptors (Lipinski definition) is 5. The van der Waals surface area contributed by atoms with Crippen molar-refractivity contribution in [3.05, 3.63) is 59.1 Å². The average molecular weight is 359 g/mol. The topological polar surface area (TPSA) is 57.5 Å². The molecule has 0 spiro atoms. The van der Waals surface area contributed by atoms with Crippen LogP contribution in [0.2, 0.25) is 5.02 Å². The predicted molar refractivity (Wildman–Crippen MR) is 97.5 cm³/mol. The molecule has 1 aliphatic rings. The maximum Gasteiger partial charge on any atom is 0.337 e. The standard InChI is InChI=1S/C18H19ClN4O2/c1-25-18(24)14-2-6-16(7-3-14)20-21-23-12-10-22(11-13-23)17-8-4-15(19)5-9-17/h2-9H,10-13H2,1H3. The summed E-state index contributed by atoms with van der Waals surface area (Å²) in [6.07, 6.45) is 0. The average Bonchev–Trinajstić information content (AvgIpc) is 2.67. The Kier molecular flexibility index (Phi) is 5.50. The molecule has 0 atom stereocenters. The van der Waals surface area contributed by atoms with Crippen molar-refractivity contribution in [1.29, 1.82) is 0 Å². The van der Waals surface area contributed by atoms with Gasteiger partial charge in [0.25, 0.3) is 0 Å². The van der Waals surface area contributed by atoms with Crippen LogP contribution in [-0.4, -0.2) is 44.3 Å². The van der Waals surface area contributed by atoms with E-state index in [9.17, 15) is 4.79 Å². The number of hydrogen-bond donors (Lipinski definition) is 0. The molecule has 0 aliphatic carbocycles. The minimum absolute atomic E-state index is 0.359. The first-order valence-electron chi connectivity index (χ1n) is 8.01. The molecule has 7 heteroatoms. The van der Waals surface area contributed by atoms with Crippen molar-refractivity contribution in [2.45, 2.75) is 0 Å². The van der Waals surface area contributed by atoms with E-state index < -0.39 is 0 Å². The van der Waals surface area contributed by atoms with E-state index in [1.54, 1.807) is 24.3 Å². The fourth-order valence-electron chi connectivity index (χ4n) is 2.59. The molecule has 1 heterocycles. The molecule has 0 bridgehead atoms. The molecule has 1 saturated heterocycles. The third-order valence-electron chi connectivity index (χ3n) is 4.02. The lowest BCUT2D eigenvalue weighted by molar-refractivity contribution is 0.0601. The van der Waals surface area contributed by atoms with E-state index in [1.807, 2.05) is 29.3 Å². The van der Waals surface area contributed by atoms with Crippen LogP contribution in [-0.2, 0) is 4.74 Å². The second-order valence-corrected chi connectivity index (χ2v) is 6.08. The van der Waals surface area contributed by atoms with E-state index in [0.29, 0.717) is 11.3 Å². The van der Waals surface area contributed by atoms with Crippen molar-refractivity contribution in [1.82, 2.24) is 5.01 Å². The Morgan fingerprint density at radius 2 is 1.64 bits per heavy atom. The molecule has 0 amide bonds. The van der Waals surface area contributed by atoms with E-state index in [4.69, 9.17) is 11.6 Å². The number of esters is 1. The quantitative estimate of drug-likeness (QED) is 0.613. The Bertz CT molecular complexity index is 739. The maximum absolute atomic E-state index is 11.4. The highest BCUT2D eigenvalue weighted by Crippen LogP contribution is 2.20. The summed E-state index contributed by atoms with van der Waals surface area (Å²) in [5.41, 5.74) is 2.37. The minimum Gasteiger partial charge on any atom is -0.465 e. The first-order chi connectivity index (χ1) is 12.2. The zero-order chi connectivity index (χ0) is 17.6. The van der Waals surface area contributed by atoms with Gasteiger partial charge in [-0.25, -0.2) is 4.79 Å². The van der Waals surface area contributed by atoms with Crippen molar-refractivity contribution in [2.24, 2.45) is 10.3 Å². The summed E-state index contributed by atoms with van der Waals surface area (Å²) in [4.78, 5) is 13.7. The number of rotatable bonds is 4. The van der Waals surface area contributed by atoms with E-state index in [2.05, 4.69) is 20.0 Å².